The Morgan fingerprint density at radius 1 is 1.03 bits per heavy atom. The van der Waals surface area contributed by atoms with Crippen molar-refractivity contribution in [1.29, 1.82) is 0 Å². The number of aryl methyl sites for hydroxylation is 2. The number of carbonyl (C=O) groups excluding carboxylic acids is 1. The Morgan fingerprint density at radius 2 is 1.61 bits per heavy atom. The van der Waals surface area contributed by atoms with Crippen LogP contribution in [0.5, 0.6) is 5.75 Å². The van der Waals surface area contributed by atoms with Gasteiger partial charge >= 0.3 is 0 Å². The molecule has 0 saturated heterocycles. The first kappa shape index (κ1) is 35.4. The molecule has 1 aliphatic carbocycles. The molecule has 0 aromatic heterocycles. The van der Waals surface area contributed by atoms with Gasteiger partial charge in [-0.25, -0.2) is 0 Å². The monoisotopic (exact) mass is 541 g/mol. The fraction of sp³-hybridized carbons (Fsp3) is 0.531. The second kappa shape index (κ2) is 20.4. The molecular formula is C32H51N3O2S. The Morgan fingerprint density at radius 3 is 2.16 bits per heavy atom. The molecule has 0 unspecified atom stereocenters. The molecule has 38 heavy (non-hydrogen) atoms. The first-order valence-electron chi connectivity index (χ1n) is 14.1. The fourth-order valence-corrected chi connectivity index (χ4v) is 4.53. The third-order valence-corrected chi connectivity index (χ3v) is 6.80. The molecule has 1 saturated carbocycles. The summed E-state index contributed by atoms with van der Waals surface area (Å²) in [5, 5.41) is 0.139. The summed E-state index contributed by atoms with van der Waals surface area (Å²) in [4.78, 5) is 14.7. The van der Waals surface area contributed by atoms with E-state index in [1.54, 1.807) is 0 Å². The second-order valence-electron chi connectivity index (χ2n) is 9.01. The minimum Gasteiger partial charge on any atom is -0.430 e. The van der Waals surface area contributed by atoms with Crippen LogP contribution in [0.25, 0.3) is 0 Å². The molecule has 1 fully saturated rings. The number of amidine groups is 1. The molecule has 0 amide bonds. The van der Waals surface area contributed by atoms with Crippen molar-refractivity contribution in [2.45, 2.75) is 92.9 Å². The number of benzene rings is 2. The molecule has 0 radical (unpaired) electrons. The molecule has 0 bridgehead atoms. The van der Waals surface area contributed by atoms with Crippen LogP contribution in [0.1, 0.15) is 100 Å². The lowest BCUT2D eigenvalue weighted by Crippen LogP contribution is -2.20. The van der Waals surface area contributed by atoms with Gasteiger partial charge in [0.2, 0.25) is 0 Å². The molecule has 5 nitrogen and oxygen atoms in total. The fourth-order valence-electron chi connectivity index (χ4n) is 4.34. The lowest BCUT2D eigenvalue weighted by molar-refractivity contribution is -0.0980. The summed E-state index contributed by atoms with van der Waals surface area (Å²) in [5.41, 5.74) is 12.1. The van der Waals surface area contributed by atoms with Crippen molar-refractivity contribution in [3.05, 3.63) is 64.2 Å². The highest BCUT2D eigenvalue weighted by Crippen LogP contribution is 2.32. The molecule has 1 aliphatic rings. The van der Waals surface area contributed by atoms with E-state index in [1.165, 1.54) is 48.8 Å². The Hall–Kier alpha value is -2.57. The maximum Gasteiger partial charge on any atom is 0.290 e. The first-order chi connectivity index (χ1) is 18.4. The van der Waals surface area contributed by atoms with Crippen LogP contribution in [0.15, 0.2) is 41.4 Å². The van der Waals surface area contributed by atoms with E-state index in [0.717, 1.165) is 36.4 Å². The number of hydrogen-bond donors (Lipinski definition) is 1. The van der Waals surface area contributed by atoms with Crippen LogP contribution in [-0.4, -0.2) is 42.8 Å². The van der Waals surface area contributed by atoms with Gasteiger partial charge in [-0.2, -0.15) is 4.99 Å². The molecule has 3 rings (SSSR count). The van der Waals surface area contributed by atoms with E-state index in [2.05, 4.69) is 49.0 Å². The molecule has 0 aliphatic heterocycles. The van der Waals surface area contributed by atoms with Gasteiger partial charge in [0.1, 0.15) is 18.4 Å². The number of thiocarbonyl (C=S) groups is 1. The summed E-state index contributed by atoms with van der Waals surface area (Å²) in [5.74, 6) is 1.81. The Labute approximate surface area is 237 Å². The van der Waals surface area contributed by atoms with E-state index in [1.807, 2.05) is 59.6 Å². The van der Waals surface area contributed by atoms with Crippen LogP contribution in [0.4, 0.5) is 0 Å². The van der Waals surface area contributed by atoms with E-state index in [9.17, 15) is 0 Å². The predicted octanol–water partition coefficient (Wildman–Crippen LogP) is 7.78. The molecule has 2 N–H and O–H groups in total. The van der Waals surface area contributed by atoms with Crippen molar-refractivity contribution in [2.24, 2.45) is 10.7 Å². The van der Waals surface area contributed by atoms with Crippen molar-refractivity contribution < 1.29 is 9.53 Å². The highest BCUT2D eigenvalue weighted by atomic mass is 32.1. The Balaban J connectivity index is 0.00000213. The minimum atomic E-state index is 0.139. The van der Waals surface area contributed by atoms with Gasteiger partial charge in [0, 0.05) is 12.1 Å². The summed E-state index contributed by atoms with van der Waals surface area (Å²) >= 11 is 5.38. The SMILES string of the molecule is C=O.CC.CC.CCN(C)CCc1cc(C)c(OC(=S)/N=C(\N)c2ccc(C3CCCCC3)cc2)cc1C. The van der Waals surface area contributed by atoms with Crippen molar-refractivity contribution >= 4 is 30.0 Å². The summed E-state index contributed by atoms with van der Waals surface area (Å²) in [6.07, 6.45) is 7.61. The van der Waals surface area contributed by atoms with Gasteiger partial charge in [-0.1, -0.05) is 84.2 Å². The van der Waals surface area contributed by atoms with Crippen LogP contribution in [-0.2, 0) is 11.2 Å². The summed E-state index contributed by atoms with van der Waals surface area (Å²) in [7, 11) is 2.14. The van der Waals surface area contributed by atoms with E-state index in [4.69, 9.17) is 27.5 Å². The van der Waals surface area contributed by atoms with Crippen LogP contribution in [0, 0.1) is 13.8 Å². The van der Waals surface area contributed by atoms with Crippen LogP contribution in [0.2, 0.25) is 0 Å². The van der Waals surface area contributed by atoms with E-state index < -0.39 is 0 Å². The zero-order valence-electron chi connectivity index (χ0n) is 25.1. The van der Waals surface area contributed by atoms with Gasteiger partial charge in [0.05, 0.1) is 0 Å². The Kier molecular flexibility index (Phi) is 19.0. The second-order valence-corrected chi connectivity index (χ2v) is 9.36. The zero-order chi connectivity index (χ0) is 29.1. The molecule has 0 heterocycles. The summed E-state index contributed by atoms with van der Waals surface area (Å²) < 4.78 is 5.89. The zero-order valence-corrected chi connectivity index (χ0v) is 25.9. The Bertz CT molecular complexity index is 967. The van der Waals surface area contributed by atoms with Gasteiger partial charge in [-0.05, 0) is 93.2 Å². The van der Waals surface area contributed by atoms with Crippen LogP contribution in [0.3, 0.4) is 0 Å². The normalized spacial score (nSPS) is 13.2. The molecule has 0 atom stereocenters. The van der Waals surface area contributed by atoms with Crippen LogP contribution >= 0.6 is 12.2 Å². The predicted molar refractivity (Wildman–Crippen MR) is 169 cm³/mol. The smallest absolute Gasteiger partial charge is 0.290 e. The number of nitrogens with zero attached hydrogens (tertiary/aromatic N) is 2. The maximum atomic E-state index is 8.00. The largest absolute Gasteiger partial charge is 0.430 e. The quantitative estimate of drug-likeness (QED) is 0.220. The molecule has 0 spiro atoms. The summed E-state index contributed by atoms with van der Waals surface area (Å²) in [6, 6.07) is 12.7. The van der Waals surface area contributed by atoms with Gasteiger partial charge in [-0.15, -0.1) is 0 Å². The molecule has 6 heteroatoms. The lowest BCUT2D eigenvalue weighted by atomic mass is 9.84. The number of aliphatic imine (C=N–C) groups is 1. The van der Waals surface area contributed by atoms with Gasteiger partial charge in [0.15, 0.2) is 0 Å². The third kappa shape index (κ3) is 11.9. The van der Waals surface area contributed by atoms with Crippen molar-refractivity contribution in [1.82, 2.24) is 4.90 Å². The molecular weight excluding hydrogens is 490 g/mol. The average molecular weight is 542 g/mol. The highest BCUT2D eigenvalue weighted by molar-refractivity contribution is 7.80. The van der Waals surface area contributed by atoms with E-state index >= 15 is 0 Å². The lowest BCUT2D eigenvalue weighted by Gasteiger charge is -2.22. The van der Waals surface area contributed by atoms with Gasteiger partial charge in [-0.3, -0.25) is 0 Å². The highest BCUT2D eigenvalue weighted by Gasteiger charge is 2.15. The van der Waals surface area contributed by atoms with Gasteiger partial charge < -0.3 is 20.2 Å². The number of hydrogen-bond acceptors (Lipinski definition) is 4. The molecule has 2 aromatic carbocycles. The number of rotatable bonds is 7. The van der Waals surface area contributed by atoms with E-state index in [-0.39, 0.29) is 5.17 Å². The maximum absolute atomic E-state index is 8.00. The number of carbonyl (C=O) groups is 1. The van der Waals surface area contributed by atoms with E-state index in [0.29, 0.717) is 11.8 Å². The van der Waals surface area contributed by atoms with Crippen molar-refractivity contribution in [2.75, 3.05) is 20.1 Å². The number of nitrogens with two attached hydrogens (primary N) is 1. The standard InChI is InChI=1S/C27H37N3OS.2C2H6.CH2O/c1-5-30(4)16-15-24-17-20(3)25(18-19(24)2)31-27(32)29-26(28)23-13-11-22(12-14-23)21-9-7-6-8-10-21;3*1-2/h11-14,17-18,21H,5-10,15-16H2,1-4H3,(H2,28,29,32);2*1-2H3;1H2. The summed E-state index contributed by atoms with van der Waals surface area (Å²) in [6.45, 7) is 18.4. The average Bonchev–Trinajstić information content (AvgIpc) is 2.97. The third-order valence-electron chi connectivity index (χ3n) is 6.63. The topological polar surface area (TPSA) is 67.9 Å². The minimum absolute atomic E-state index is 0.139. The number of likely N-dealkylation sites (N-methyl/N-ethyl adjacent to an activating group) is 1. The van der Waals surface area contributed by atoms with Crippen molar-refractivity contribution in [3.63, 3.8) is 0 Å². The van der Waals surface area contributed by atoms with Crippen molar-refractivity contribution in [3.8, 4) is 5.75 Å². The molecule has 212 valence electrons. The van der Waals surface area contributed by atoms with Crippen LogP contribution < -0.4 is 10.5 Å². The van der Waals surface area contributed by atoms with Gasteiger partial charge in [0.25, 0.3) is 5.17 Å². The first-order valence-corrected chi connectivity index (χ1v) is 14.5. The number of ether oxygens (including phenoxy) is 1. The molecule has 2 aromatic rings.